The second kappa shape index (κ2) is 22.0. The molecule has 11 rings (SSSR count). The van der Waals surface area contributed by atoms with Gasteiger partial charge in [-0.1, -0.05) is 267 Å². The van der Waals surface area contributed by atoms with Crippen LogP contribution in [-0.2, 0) is 17.3 Å². The fourth-order valence-corrected chi connectivity index (χ4v) is 10.5. The zero-order valence-corrected chi connectivity index (χ0v) is 44.4. The van der Waals surface area contributed by atoms with E-state index < -0.39 is 0 Å². The first-order valence-electron chi connectivity index (χ1n) is 26.1. The zero-order valence-electron chi connectivity index (χ0n) is 44.4. The number of fused-ring (bicyclic) bond motifs is 6. The van der Waals surface area contributed by atoms with Gasteiger partial charge in [0.2, 0.25) is 0 Å². The van der Waals surface area contributed by atoms with Crippen molar-refractivity contribution in [2.24, 2.45) is 0 Å². The van der Waals surface area contributed by atoms with Gasteiger partial charge >= 0.3 is 0 Å². The van der Waals surface area contributed by atoms with Crippen molar-refractivity contribution in [2.45, 2.75) is 113 Å². The normalized spacial score (nSPS) is 12.9. The summed E-state index contributed by atoms with van der Waals surface area (Å²) in [7, 11) is 0. The minimum Gasteiger partial charge on any atom is -0.0654 e. The predicted octanol–water partition coefficient (Wildman–Crippen LogP) is 20.3. The molecule has 0 aromatic heterocycles. The molecule has 0 aliphatic heterocycles. The van der Waals surface area contributed by atoms with Crippen LogP contribution in [-0.4, -0.2) is 0 Å². The minimum atomic E-state index is -0.0183. The number of benzene rings is 9. The molecule has 0 saturated carbocycles. The SMILES string of the molecule is CCCC.CCCc1ccc2c(c1)C(C)(C)c1ccccc1-2.Cc1ccc(-c2cc(C)c(-c3ccccc3C)cc2-c2ccc3c(c2)C(C)(C)c2ccccc2-3)cc1.Cc1ccc(-c2ccccc2)cc1. The van der Waals surface area contributed by atoms with Crippen molar-refractivity contribution in [1.82, 2.24) is 0 Å². The Kier molecular flexibility index (Phi) is 15.6. The summed E-state index contributed by atoms with van der Waals surface area (Å²) >= 11 is 0. The summed E-state index contributed by atoms with van der Waals surface area (Å²) in [6, 6.07) is 73.3. The molecular weight excluding hydrogens is 853 g/mol. The van der Waals surface area contributed by atoms with Crippen molar-refractivity contribution in [3.05, 3.63) is 250 Å². The van der Waals surface area contributed by atoms with Crippen molar-refractivity contribution in [3.8, 4) is 66.8 Å². The topological polar surface area (TPSA) is 0 Å². The van der Waals surface area contributed by atoms with Gasteiger partial charge in [0.25, 0.3) is 0 Å². The molecule has 0 spiro atoms. The molecule has 358 valence electrons. The smallest absolute Gasteiger partial charge is 0.0159 e. The largest absolute Gasteiger partial charge is 0.0654 e. The lowest BCUT2D eigenvalue weighted by Gasteiger charge is -2.23. The van der Waals surface area contributed by atoms with Gasteiger partial charge in [0.05, 0.1) is 0 Å². The Morgan fingerprint density at radius 2 is 0.718 bits per heavy atom. The van der Waals surface area contributed by atoms with Crippen LogP contribution in [0.3, 0.4) is 0 Å². The standard InChI is InChI=1S/C36H32.C18H20.C13H12.C4H10/c1-23-14-16-26(17-15-23)32-20-25(3)31(28-11-7-6-10-24(28)2)22-33(32)27-18-19-30-29-12-8-9-13-34(29)36(4,5)35(30)21-27;1-4-7-13-10-11-15-14-8-5-6-9-16(14)18(2,3)17(15)12-13;1-11-7-9-13(10-8-11)12-5-3-2-4-6-12;1-3-4-2/h6-22H,1-5H3;5-6,8-12H,4,7H2,1-3H3;2-10H,1H3;3-4H2,1-2H3. The Morgan fingerprint density at radius 3 is 1.27 bits per heavy atom. The van der Waals surface area contributed by atoms with E-state index in [2.05, 4.69) is 270 Å². The molecule has 2 aliphatic rings. The average molecular weight is 927 g/mol. The summed E-state index contributed by atoms with van der Waals surface area (Å²) in [5.41, 5.74) is 28.5. The van der Waals surface area contributed by atoms with Crippen LogP contribution >= 0.6 is 0 Å². The van der Waals surface area contributed by atoms with Gasteiger partial charge in [0.15, 0.2) is 0 Å². The maximum atomic E-state index is 2.44. The molecule has 0 bridgehead atoms. The molecule has 2 aliphatic carbocycles. The van der Waals surface area contributed by atoms with Crippen LogP contribution in [0.5, 0.6) is 0 Å². The number of aryl methyl sites for hydroxylation is 5. The number of unbranched alkanes of at least 4 members (excludes halogenated alkanes) is 1. The number of hydrogen-bond donors (Lipinski definition) is 0. The molecule has 0 heterocycles. The highest BCUT2D eigenvalue weighted by Crippen LogP contribution is 2.51. The number of rotatable bonds is 7. The molecule has 0 radical (unpaired) electrons. The van der Waals surface area contributed by atoms with Gasteiger partial charge < -0.3 is 0 Å². The van der Waals surface area contributed by atoms with Crippen molar-refractivity contribution < 1.29 is 0 Å². The molecule has 0 N–H and O–H groups in total. The Balaban J connectivity index is 0.000000159. The molecule has 71 heavy (non-hydrogen) atoms. The Bertz CT molecular complexity index is 3230. The second-order valence-corrected chi connectivity index (χ2v) is 20.9. The predicted molar refractivity (Wildman–Crippen MR) is 310 cm³/mol. The van der Waals surface area contributed by atoms with E-state index in [0.29, 0.717) is 0 Å². The van der Waals surface area contributed by atoms with Gasteiger partial charge in [-0.2, -0.15) is 0 Å². The summed E-state index contributed by atoms with van der Waals surface area (Å²) in [6.07, 6.45) is 5.03. The third kappa shape index (κ3) is 10.7. The molecule has 0 fully saturated rings. The minimum absolute atomic E-state index is 0.0183. The molecule has 0 unspecified atom stereocenters. The quantitative estimate of drug-likeness (QED) is 0.149. The highest BCUT2D eigenvalue weighted by molar-refractivity contribution is 5.91. The Morgan fingerprint density at radius 1 is 0.282 bits per heavy atom. The summed E-state index contributed by atoms with van der Waals surface area (Å²) in [4.78, 5) is 0. The lowest BCUT2D eigenvalue weighted by Crippen LogP contribution is -2.15. The summed E-state index contributed by atoms with van der Waals surface area (Å²) in [6.45, 7) is 24.7. The maximum absolute atomic E-state index is 2.44. The molecule has 0 nitrogen and oxygen atoms in total. The van der Waals surface area contributed by atoms with Crippen LogP contribution in [0, 0.1) is 27.7 Å². The molecule has 0 saturated heterocycles. The third-order valence-electron chi connectivity index (χ3n) is 14.9. The van der Waals surface area contributed by atoms with Gasteiger partial charge in [-0.3, -0.25) is 0 Å². The lowest BCUT2D eigenvalue weighted by atomic mass is 9.80. The average Bonchev–Trinajstić information content (AvgIpc) is 3.76. The van der Waals surface area contributed by atoms with Gasteiger partial charge in [0.1, 0.15) is 0 Å². The molecule has 9 aromatic carbocycles. The van der Waals surface area contributed by atoms with Crippen LogP contribution in [0.4, 0.5) is 0 Å². The van der Waals surface area contributed by atoms with E-state index in [0.717, 1.165) is 0 Å². The Hall–Kier alpha value is -7.02. The summed E-state index contributed by atoms with van der Waals surface area (Å²) in [5, 5.41) is 0. The van der Waals surface area contributed by atoms with Gasteiger partial charge in [0, 0.05) is 10.8 Å². The van der Waals surface area contributed by atoms with Crippen molar-refractivity contribution >= 4 is 0 Å². The molecule has 0 atom stereocenters. The number of hydrogen-bond acceptors (Lipinski definition) is 0. The van der Waals surface area contributed by atoms with Crippen LogP contribution in [0.15, 0.2) is 200 Å². The monoisotopic (exact) mass is 927 g/mol. The first kappa shape index (κ1) is 50.4. The van der Waals surface area contributed by atoms with Crippen LogP contribution < -0.4 is 0 Å². The molecular formula is C71H74. The van der Waals surface area contributed by atoms with E-state index in [1.54, 1.807) is 0 Å². The van der Waals surface area contributed by atoms with E-state index >= 15 is 0 Å². The van der Waals surface area contributed by atoms with E-state index in [4.69, 9.17) is 0 Å². The fourth-order valence-electron chi connectivity index (χ4n) is 10.5. The van der Waals surface area contributed by atoms with E-state index in [1.807, 2.05) is 6.07 Å². The second-order valence-electron chi connectivity index (χ2n) is 20.9. The molecule has 0 heteroatoms. The first-order valence-corrected chi connectivity index (χ1v) is 26.1. The van der Waals surface area contributed by atoms with Gasteiger partial charge in [-0.05, 0) is 152 Å². The van der Waals surface area contributed by atoms with Crippen molar-refractivity contribution in [1.29, 1.82) is 0 Å². The van der Waals surface area contributed by atoms with E-state index in [-0.39, 0.29) is 10.8 Å². The summed E-state index contributed by atoms with van der Waals surface area (Å²) in [5.74, 6) is 0. The van der Waals surface area contributed by atoms with E-state index in [1.165, 1.54) is 143 Å². The lowest BCUT2D eigenvalue weighted by molar-refractivity contribution is 0.659. The van der Waals surface area contributed by atoms with Crippen molar-refractivity contribution in [2.75, 3.05) is 0 Å². The fraction of sp³-hybridized carbons (Fsp3) is 0.239. The summed E-state index contributed by atoms with van der Waals surface area (Å²) < 4.78 is 0. The molecule has 9 aromatic rings. The maximum Gasteiger partial charge on any atom is 0.0159 e. The first-order chi connectivity index (χ1) is 34.3. The van der Waals surface area contributed by atoms with E-state index in [9.17, 15) is 0 Å². The van der Waals surface area contributed by atoms with Crippen LogP contribution in [0.1, 0.15) is 118 Å². The zero-order chi connectivity index (χ0) is 50.3. The van der Waals surface area contributed by atoms with Crippen LogP contribution in [0.25, 0.3) is 66.8 Å². The molecule has 0 amide bonds. The highest BCUT2D eigenvalue weighted by Gasteiger charge is 2.36. The van der Waals surface area contributed by atoms with Crippen molar-refractivity contribution in [3.63, 3.8) is 0 Å². The van der Waals surface area contributed by atoms with Gasteiger partial charge in [-0.25, -0.2) is 0 Å². The van der Waals surface area contributed by atoms with Crippen LogP contribution in [0.2, 0.25) is 0 Å². The van der Waals surface area contributed by atoms with Gasteiger partial charge in [-0.15, -0.1) is 0 Å². The third-order valence-corrected chi connectivity index (χ3v) is 14.9. The highest BCUT2D eigenvalue weighted by atomic mass is 14.4. The Labute approximate surface area is 427 Å².